The molecule has 1 saturated carbocycles. The average Bonchev–Trinajstić information content (AvgIpc) is 3.56. The summed E-state index contributed by atoms with van der Waals surface area (Å²) in [6.45, 7) is 8.15. The minimum atomic E-state index is -0.508. The van der Waals surface area contributed by atoms with Gasteiger partial charge in [-0.2, -0.15) is 15.5 Å². The average molecular weight is 525 g/mol. The van der Waals surface area contributed by atoms with E-state index in [2.05, 4.69) is 28.3 Å². The van der Waals surface area contributed by atoms with Crippen LogP contribution in [0.15, 0.2) is 43.0 Å². The van der Waals surface area contributed by atoms with Gasteiger partial charge in [-0.05, 0) is 51.8 Å². The number of amides is 1. The zero-order valence-corrected chi connectivity index (χ0v) is 22.8. The number of nitrogens with zero attached hydrogens (tertiary/aromatic N) is 8. The Bertz CT molecular complexity index is 1580. The van der Waals surface area contributed by atoms with Crippen molar-refractivity contribution in [2.24, 2.45) is 7.05 Å². The number of aryl methyl sites for hydroxylation is 1. The van der Waals surface area contributed by atoms with Crippen LogP contribution in [0.25, 0.3) is 27.8 Å². The van der Waals surface area contributed by atoms with Crippen LogP contribution in [0.4, 0.5) is 10.6 Å². The lowest BCUT2D eigenvalue weighted by molar-refractivity contribution is 0.0240. The number of carbonyl (C=O) groups excluding carboxylic acids is 1. The fraction of sp³-hybridized carbons (Fsp3) is 0.414. The summed E-state index contributed by atoms with van der Waals surface area (Å²) in [5.41, 5.74) is 5.83. The Morgan fingerprint density at radius 3 is 2.46 bits per heavy atom. The number of fused-ring (bicyclic) bond motifs is 1. The van der Waals surface area contributed by atoms with Gasteiger partial charge in [0.2, 0.25) is 0 Å². The van der Waals surface area contributed by atoms with Gasteiger partial charge in [0, 0.05) is 80.0 Å². The molecule has 10 heteroatoms. The van der Waals surface area contributed by atoms with E-state index >= 15 is 0 Å². The van der Waals surface area contributed by atoms with Crippen molar-refractivity contribution in [2.75, 3.05) is 31.1 Å². The van der Waals surface area contributed by atoms with Gasteiger partial charge in [-0.15, -0.1) is 0 Å². The number of piperazine rings is 1. The molecule has 6 rings (SSSR count). The molecule has 0 aromatic carbocycles. The number of aromatic nitrogens is 5. The SMILES string of the molecule is Cn1cc(-c2cc(-c3ccc(N4CCN(C(=O)OC(C)(C)C)CC4)nc3)c3c(C#N)cnn3c2)c(C2CC2)n1. The van der Waals surface area contributed by atoms with Crippen LogP contribution in [0.1, 0.15) is 50.8 Å². The smallest absolute Gasteiger partial charge is 0.410 e. The normalized spacial score (nSPS) is 16.0. The van der Waals surface area contributed by atoms with E-state index in [0.717, 1.165) is 52.1 Å². The molecular formula is C29H32N8O2. The fourth-order valence-corrected chi connectivity index (χ4v) is 5.13. The second-order valence-corrected chi connectivity index (χ2v) is 11.3. The van der Waals surface area contributed by atoms with Crippen LogP contribution in [0, 0.1) is 11.3 Å². The molecule has 0 N–H and O–H groups in total. The van der Waals surface area contributed by atoms with Crippen LogP contribution in [-0.4, -0.2) is 67.2 Å². The third-order valence-corrected chi connectivity index (χ3v) is 7.18. The molecule has 1 aliphatic heterocycles. The van der Waals surface area contributed by atoms with Crippen LogP contribution in [0.5, 0.6) is 0 Å². The summed E-state index contributed by atoms with van der Waals surface area (Å²) < 4.78 is 9.17. The zero-order chi connectivity index (χ0) is 27.3. The second-order valence-electron chi connectivity index (χ2n) is 11.3. The van der Waals surface area contributed by atoms with E-state index in [-0.39, 0.29) is 6.09 Å². The van der Waals surface area contributed by atoms with E-state index in [1.165, 1.54) is 0 Å². The molecule has 39 heavy (non-hydrogen) atoms. The van der Waals surface area contributed by atoms with E-state index in [1.54, 1.807) is 15.6 Å². The van der Waals surface area contributed by atoms with Gasteiger partial charge in [-0.25, -0.2) is 14.3 Å². The van der Waals surface area contributed by atoms with E-state index in [1.807, 2.05) is 57.0 Å². The van der Waals surface area contributed by atoms with E-state index in [4.69, 9.17) is 14.8 Å². The minimum Gasteiger partial charge on any atom is -0.444 e. The first kappa shape index (κ1) is 24.9. The molecule has 1 amide bonds. The highest BCUT2D eigenvalue weighted by atomic mass is 16.6. The summed E-state index contributed by atoms with van der Waals surface area (Å²) >= 11 is 0. The van der Waals surface area contributed by atoms with Crippen molar-refractivity contribution in [3.05, 3.63) is 54.2 Å². The monoisotopic (exact) mass is 524 g/mol. The molecule has 200 valence electrons. The maximum atomic E-state index is 12.4. The fourth-order valence-electron chi connectivity index (χ4n) is 5.13. The highest BCUT2D eigenvalue weighted by molar-refractivity contribution is 5.88. The largest absolute Gasteiger partial charge is 0.444 e. The third-order valence-electron chi connectivity index (χ3n) is 7.18. The predicted molar refractivity (Wildman–Crippen MR) is 147 cm³/mol. The number of ether oxygens (including phenoxy) is 1. The van der Waals surface area contributed by atoms with Gasteiger partial charge < -0.3 is 14.5 Å². The van der Waals surface area contributed by atoms with E-state index in [0.29, 0.717) is 37.7 Å². The van der Waals surface area contributed by atoms with Crippen molar-refractivity contribution in [1.82, 2.24) is 29.3 Å². The van der Waals surface area contributed by atoms with E-state index < -0.39 is 5.60 Å². The van der Waals surface area contributed by atoms with Crippen molar-refractivity contribution in [3.63, 3.8) is 0 Å². The highest BCUT2D eigenvalue weighted by Gasteiger charge is 2.30. The first-order chi connectivity index (χ1) is 18.7. The van der Waals surface area contributed by atoms with Crippen molar-refractivity contribution in [3.8, 4) is 28.3 Å². The zero-order valence-electron chi connectivity index (χ0n) is 22.8. The summed E-state index contributed by atoms with van der Waals surface area (Å²) in [6.07, 6.45) is 9.56. The first-order valence-electron chi connectivity index (χ1n) is 13.3. The Balaban J connectivity index is 1.28. The number of nitriles is 1. The lowest BCUT2D eigenvalue weighted by Gasteiger charge is -2.36. The summed E-state index contributed by atoms with van der Waals surface area (Å²) in [6, 6.07) is 8.45. The second kappa shape index (κ2) is 9.42. The van der Waals surface area contributed by atoms with Gasteiger partial charge >= 0.3 is 6.09 Å². The summed E-state index contributed by atoms with van der Waals surface area (Å²) in [5.74, 6) is 1.36. The standard InChI is InChI=1S/C29H32N8O2/c1-29(2,3)39-28(38)36-11-9-35(10-12-36)25-8-7-20(15-31-25)23-13-21(17-37-27(23)22(14-30)16-32-37)24-18-34(4)33-26(24)19-5-6-19/h7-8,13,15-19H,5-6,9-12H2,1-4H3. The van der Waals surface area contributed by atoms with Gasteiger partial charge in [0.05, 0.1) is 23.0 Å². The van der Waals surface area contributed by atoms with Gasteiger partial charge in [-0.3, -0.25) is 4.68 Å². The third kappa shape index (κ3) is 4.92. The maximum Gasteiger partial charge on any atom is 0.410 e. The summed E-state index contributed by atoms with van der Waals surface area (Å²) in [4.78, 5) is 21.1. The van der Waals surface area contributed by atoms with E-state index in [9.17, 15) is 10.1 Å². The van der Waals surface area contributed by atoms with Crippen LogP contribution < -0.4 is 4.90 Å². The predicted octanol–water partition coefficient (Wildman–Crippen LogP) is 4.60. The molecule has 0 bridgehead atoms. The topological polar surface area (TPSA) is 105 Å². The molecule has 0 atom stereocenters. The number of hydrogen-bond donors (Lipinski definition) is 0. The lowest BCUT2D eigenvalue weighted by Crippen LogP contribution is -2.50. The number of rotatable bonds is 4. The Labute approximate surface area is 227 Å². The Kier molecular flexibility index (Phi) is 6.02. The molecule has 2 aliphatic rings. The Morgan fingerprint density at radius 2 is 1.82 bits per heavy atom. The maximum absolute atomic E-state index is 12.4. The number of carbonyl (C=O) groups is 1. The molecule has 0 radical (unpaired) electrons. The van der Waals surface area contributed by atoms with Gasteiger partial charge in [-0.1, -0.05) is 0 Å². The van der Waals surface area contributed by atoms with Crippen LogP contribution >= 0.6 is 0 Å². The molecule has 10 nitrogen and oxygen atoms in total. The van der Waals surface area contributed by atoms with Crippen LogP contribution in [-0.2, 0) is 11.8 Å². The number of anilines is 1. The molecule has 5 heterocycles. The molecule has 0 spiro atoms. The van der Waals surface area contributed by atoms with Crippen LogP contribution in [0.3, 0.4) is 0 Å². The molecular weight excluding hydrogens is 492 g/mol. The van der Waals surface area contributed by atoms with Crippen LogP contribution in [0.2, 0.25) is 0 Å². The van der Waals surface area contributed by atoms with Crippen molar-refractivity contribution >= 4 is 17.4 Å². The molecule has 4 aromatic rings. The number of pyridine rings is 2. The lowest BCUT2D eigenvalue weighted by atomic mass is 9.99. The van der Waals surface area contributed by atoms with Gasteiger partial charge in [0.15, 0.2) is 0 Å². The molecule has 1 saturated heterocycles. The Morgan fingerprint density at radius 1 is 1.05 bits per heavy atom. The first-order valence-corrected chi connectivity index (χ1v) is 13.3. The highest BCUT2D eigenvalue weighted by Crippen LogP contribution is 2.44. The van der Waals surface area contributed by atoms with Crippen molar-refractivity contribution in [2.45, 2.75) is 45.1 Å². The molecule has 1 aliphatic carbocycles. The quantitative estimate of drug-likeness (QED) is 0.384. The molecule has 2 fully saturated rings. The number of hydrogen-bond acceptors (Lipinski definition) is 7. The van der Waals surface area contributed by atoms with Gasteiger partial charge in [0.1, 0.15) is 17.5 Å². The molecule has 4 aromatic heterocycles. The van der Waals surface area contributed by atoms with Crippen molar-refractivity contribution in [1.29, 1.82) is 5.26 Å². The summed E-state index contributed by atoms with van der Waals surface area (Å²) in [7, 11) is 1.95. The van der Waals surface area contributed by atoms with Crippen molar-refractivity contribution < 1.29 is 9.53 Å². The molecule has 0 unspecified atom stereocenters. The summed E-state index contributed by atoms with van der Waals surface area (Å²) in [5, 5.41) is 19.0. The minimum absolute atomic E-state index is 0.276. The van der Waals surface area contributed by atoms with Gasteiger partial charge in [0.25, 0.3) is 0 Å². The Hall–Kier alpha value is -4.39.